The van der Waals surface area contributed by atoms with Crippen molar-refractivity contribution in [2.45, 2.75) is 18.6 Å². The SMILES string of the molecule is Clc1ccc(CSCCNCC2CC2)o1. The van der Waals surface area contributed by atoms with Crippen molar-refractivity contribution in [3.05, 3.63) is 23.1 Å². The molecular formula is C11H16ClNOS. The van der Waals surface area contributed by atoms with E-state index >= 15 is 0 Å². The maximum absolute atomic E-state index is 5.68. The van der Waals surface area contributed by atoms with E-state index in [0.29, 0.717) is 5.22 Å². The third-order valence-corrected chi connectivity index (χ3v) is 3.61. The third-order valence-electron chi connectivity index (χ3n) is 2.43. The number of hydrogen-bond donors (Lipinski definition) is 1. The zero-order chi connectivity index (χ0) is 10.5. The molecule has 0 aromatic carbocycles. The summed E-state index contributed by atoms with van der Waals surface area (Å²) in [4.78, 5) is 0. The van der Waals surface area contributed by atoms with E-state index < -0.39 is 0 Å². The summed E-state index contributed by atoms with van der Waals surface area (Å²) in [5.41, 5.74) is 0. The van der Waals surface area contributed by atoms with Gasteiger partial charge in [0, 0.05) is 12.3 Å². The Morgan fingerprint density at radius 3 is 3.00 bits per heavy atom. The van der Waals surface area contributed by atoms with Gasteiger partial charge in [0.05, 0.1) is 5.75 Å². The van der Waals surface area contributed by atoms with Crippen LogP contribution in [-0.4, -0.2) is 18.8 Å². The number of thioether (sulfide) groups is 1. The summed E-state index contributed by atoms with van der Waals surface area (Å²) in [6.07, 6.45) is 2.84. The molecule has 1 aromatic heterocycles. The highest BCUT2D eigenvalue weighted by Crippen LogP contribution is 2.27. The highest BCUT2D eigenvalue weighted by Gasteiger charge is 2.19. The lowest BCUT2D eigenvalue weighted by Crippen LogP contribution is -2.19. The van der Waals surface area contributed by atoms with Crippen molar-refractivity contribution in [1.82, 2.24) is 5.32 Å². The predicted molar refractivity (Wildman–Crippen MR) is 65.5 cm³/mol. The summed E-state index contributed by atoms with van der Waals surface area (Å²) in [5, 5.41) is 3.95. The first-order valence-electron chi connectivity index (χ1n) is 5.37. The van der Waals surface area contributed by atoms with E-state index in [-0.39, 0.29) is 0 Å². The van der Waals surface area contributed by atoms with Gasteiger partial charge < -0.3 is 9.73 Å². The Kier molecular flexibility index (Phi) is 4.42. The minimum Gasteiger partial charge on any atom is -0.449 e. The molecule has 0 atom stereocenters. The summed E-state index contributed by atoms with van der Waals surface area (Å²) >= 11 is 7.55. The largest absolute Gasteiger partial charge is 0.449 e. The molecule has 1 aromatic rings. The van der Waals surface area contributed by atoms with Crippen LogP contribution in [0.15, 0.2) is 16.5 Å². The van der Waals surface area contributed by atoms with Crippen LogP contribution in [0.25, 0.3) is 0 Å². The molecule has 1 saturated carbocycles. The van der Waals surface area contributed by atoms with Crippen LogP contribution in [-0.2, 0) is 5.75 Å². The molecule has 0 unspecified atom stereocenters. The van der Waals surface area contributed by atoms with E-state index in [1.807, 2.05) is 17.8 Å². The van der Waals surface area contributed by atoms with E-state index in [0.717, 1.165) is 29.7 Å². The van der Waals surface area contributed by atoms with Crippen LogP contribution in [0.2, 0.25) is 5.22 Å². The van der Waals surface area contributed by atoms with Crippen molar-refractivity contribution in [3.8, 4) is 0 Å². The van der Waals surface area contributed by atoms with E-state index in [1.165, 1.54) is 19.4 Å². The predicted octanol–water partition coefficient (Wildman–Crippen LogP) is 3.17. The number of hydrogen-bond acceptors (Lipinski definition) is 3. The average molecular weight is 246 g/mol. The molecule has 1 fully saturated rings. The average Bonchev–Trinajstić information content (AvgIpc) is 2.95. The van der Waals surface area contributed by atoms with Crippen molar-refractivity contribution in [1.29, 1.82) is 0 Å². The minimum absolute atomic E-state index is 0.484. The first-order valence-corrected chi connectivity index (χ1v) is 6.90. The fourth-order valence-electron chi connectivity index (χ4n) is 1.37. The highest BCUT2D eigenvalue weighted by molar-refractivity contribution is 7.98. The maximum atomic E-state index is 5.68. The zero-order valence-electron chi connectivity index (χ0n) is 8.67. The first-order chi connectivity index (χ1) is 7.34. The molecule has 0 radical (unpaired) electrons. The lowest BCUT2D eigenvalue weighted by Gasteiger charge is -2.02. The molecule has 0 amide bonds. The molecule has 0 bridgehead atoms. The normalized spacial score (nSPS) is 15.8. The maximum Gasteiger partial charge on any atom is 0.193 e. The fourth-order valence-corrected chi connectivity index (χ4v) is 2.33. The Bertz CT molecular complexity index is 299. The molecule has 1 heterocycles. The quantitative estimate of drug-likeness (QED) is 0.747. The summed E-state index contributed by atoms with van der Waals surface area (Å²) < 4.78 is 5.26. The molecule has 1 N–H and O–H groups in total. The standard InChI is InChI=1S/C11H16ClNOS/c12-11-4-3-10(14-11)8-15-6-5-13-7-9-1-2-9/h3-4,9,13H,1-2,5-8H2. The Morgan fingerprint density at radius 2 is 2.33 bits per heavy atom. The number of halogens is 1. The molecular weight excluding hydrogens is 230 g/mol. The highest BCUT2D eigenvalue weighted by atomic mass is 35.5. The summed E-state index contributed by atoms with van der Waals surface area (Å²) in [7, 11) is 0. The number of furan rings is 1. The van der Waals surface area contributed by atoms with Gasteiger partial charge in [0.2, 0.25) is 0 Å². The minimum atomic E-state index is 0.484. The molecule has 0 spiro atoms. The summed E-state index contributed by atoms with van der Waals surface area (Å²) in [6.45, 7) is 2.29. The van der Waals surface area contributed by atoms with E-state index in [2.05, 4.69) is 5.32 Å². The van der Waals surface area contributed by atoms with Crippen LogP contribution in [0.4, 0.5) is 0 Å². The summed E-state index contributed by atoms with van der Waals surface area (Å²) in [6, 6.07) is 3.73. The number of rotatable bonds is 7. The van der Waals surface area contributed by atoms with Crippen LogP contribution >= 0.6 is 23.4 Å². The van der Waals surface area contributed by atoms with Gasteiger partial charge in [-0.05, 0) is 49.0 Å². The van der Waals surface area contributed by atoms with E-state index in [4.69, 9.17) is 16.0 Å². The first kappa shape index (κ1) is 11.4. The second-order valence-corrected chi connectivity index (χ2v) is 5.38. The third kappa shape index (κ3) is 4.49. The Balaban J connectivity index is 1.47. The topological polar surface area (TPSA) is 25.2 Å². The van der Waals surface area contributed by atoms with Crippen molar-refractivity contribution >= 4 is 23.4 Å². The van der Waals surface area contributed by atoms with E-state index in [9.17, 15) is 0 Å². The van der Waals surface area contributed by atoms with Crippen LogP contribution in [0.1, 0.15) is 18.6 Å². The van der Waals surface area contributed by atoms with Crippen LogP contribution in [0.5, 0.6) is 0 Å². The smallest absolute Gasteiger partial charge is 0.193 e. The van der Waals surface area contributed by atoms with Gasteiger partial charge in [-0.2, -0.15) is 11.8 Å². The lowest BCUT2D eigenvalue weighted by molar-refractivity contribution is 0.532. The van der Waals surface area contributed by atoms with Gasteiger partial charge in [0.1, 0.15) is 5.76 Å². The van der Waals surface area contributed by atoms with Gasteiger partial charge in [0.25, 0.3) is 0 Å². The molecule has 84 valence electrons. The van der Waals surface area contributed by atoms with Gasteiger partial charge in [-0.3, -0.25) is 0 Å². The Morgan fingerprint density at radius 1 is 1.47 bits per heavy atom. The van der Waals surface area contributed by atoms with Crippen molar-refractivity contribution in [2.24, 2.45) is 5.92 Å². The molecule has 2 rings (SSSR count). The van der Waals surface area contributed by atoms with E-state index in [1.54, 1.807) is 6.07 Å². The monoisotopic (exact) mass is 245 g/mol. The van der Waals surface area contributed by atoms with Gasteiger partial charge in [-0.1, -0.05) is 0 Å². The molecule has 1 aliphatic carbocycles. The lowest BCUT2D eigenvalue weighted by atomic mass is 10.4. The van der Waals surface area contributed by atoms with Gasteiger partial charge in [-0.15, -0.1) is 0 Å². The molecule has 15 heavy (non-hydrogen) atoms. The van der Waals surface area contributed by atoms with Crippen molar-refractivity contribution in [2.75, 3.05) is 18.8 Å². The van der Waals surface area contributed by atoms with Crippen LogP contribution in [0, 0.1) is 5.92 Å². The summed E-state index contributed by atoms with van der Waals surface area (Å²) in [5.74, 6) is 3.98. The zero-order valence-corrected chi connectivity index (χ0v) is 10.2. The molecule has 4 heteroatoms. The molecule has 1 aliphatic rings. The van der Waals surface area contributed by atoms with Gasteiger partial charge >= 0.3 is 0 Å². The molecule has 0 aliphatic heterocycles. The number of nitrogens with one attached hydrogen (secondary N) is 1. The van der Waals surface area contributed by atoms with Crippen molar-refractivity contribution in [3.63, 3.8) is 0 Å². The Hall–Kier alpha value is -0.120. The van der Waals surface area contributed by atoms with Crippen LogP contribution in [0.3, 0.4) is 0 Å². The molecule has 0 saturated heterocycles. The van der Waals surface area contributed by atoms with Crippen LogP contribution < -0.4 is 5.32 Å². The fraction of sp³-hybridized carbons (Fsp3) is 0.636. The Labute approximate surface area is 99.8 Å². The van der Waals surface area contributed by atoms with Gasteiger partial charge in [0.15, 0.2) is 5.22 Å². The second-order valence-electron chi connectivity index (χ2n) is 3.91. The second kappa shape index (κ2) is 5.83. The molecule has 2 nitrogen and oxygen atoms in total. The van der Waals surface area contributed by atoms with Gasteiger partial charge in [-0.25, -0.2) is 0 Å². The van der Waals surface area contributed by atoms with Crippen molar-refractivity contribution < 1.29 is 4.42 Å².